The number of halogens is 3. The molecule has 1 amide bonds. The minimum absolute atomic E-state index is 0.117. The molecule has 0 spiro atoms. The SMILES string of the molecule is COc1ccc(S(=O)(=O)c2ccc(CCCNC(=O)C(F)(F)F)cc2)cc1C. The number of carbonyl (C=O) groups excluding carboxylic acids is 1. The van der Waals surface area contributed by atoms with Crippen molar-refractivity contribution in [3.05, 3.63) is 53.6 Å². The number of sulfone groups is 1. The summed E-state index contributed by atoms with van der Waals surface area (Å²) < 4.78 is 66.9. The number of alkyl halides is 3. The van der Waals surface area contributed by atoms with E-state index in [4.69, 9.17) is 4.74 Å². The normalized spacial score (nSPS) is 11.9. The van der Waals surface area contributed by atoms with Crippen molar-refractivity contribution in [1.29, 1.82) is 0 Å². The van der Waals surface area contributed by atoms with E-state index < -0.39 is 21.9 Å². The van der Waals surface area contributed by atoms with Gasteiger partial charge in [0, 0.05) is 6.54 Å². The van der Waals surface area contributed by atoms with Crippen LogP contribution in [0.1, 0.15) is 17.5 Å². The van der Waals surface area contributed by atoms with Gasteiger partial charge in [0.2, 0.25) is 9.84 Å². The van der Waals surface area contributed by atoms with Gasteiger partial charge in [-0.3, -0.25) is 4.79 Å². The summed E-state index contributed by atoms with van der Waals surface area (Å²) in [6, 6.07) is 10.7. The van der Waals surface area contributed by atoms with Crippen molar-refractivity contribution in [1.82, 2.24) is 5.32 Å². The monoisotopic (exact) mass is 415 g/mol. The summed E-state index contributed by atoms with van der Waals surface area (Å²) in [5.74, 6) is -1.38. The molecule has 0 aliphatic carbocycles. The molecule has 152 valence electrons. The van der Waals surface area contributed by atoms with Crippen LogP contribution in [-0.4, -0.2) is 34.2 Å². The van der Waals surface area contributed by atoms with Crippen LogP contribution in [-0.2, 0) is 21.1 Å². The van der Waals surface area contributed by atoms with Crippen molar-refractivity contribution in [3.63, 3.8) is 0 Å². The molecule has 9 heteroatoms. The molecule has 0 saturated heterocycles. The molecule has 0 unspecified atom stereocenters. The summed E-state index contributed by atoms with van der Waals surface area (Å²) in [7, 11) is -2.19. The van der Waals surface area contributed by atoms with Crippen molar-refractivity contribution >= 4 is 15.7 Å². The summed E-state index contributed by atoms with van der Waals surface area (Å²) in [5.41, 5.74) is 1.45. The Morgan fingerprint density at radius 2 is 1.68 bits per heavy atom. The van der Waals surface area contributed by atoms with Gasteiger partial charge in [-0.25, -0.2) is 8.42 Å². The molecular weight excluding hydrogens is 395 g/mol. The summed E-state index contributed by atoms with van der Waals surface area (Å²) in [4.78, 5) is 11.0. The molecule has 2 rings (SSSR count). The second-order valence-corrected chi connectivity index (χ2v) is 8.09. The fourth-order valence-electron chi connectivity index (χ4n) is 2.58. The Kier molecular flexibility index (Phi) is 6.71. The lowest BCUT2D eigenvalue weighted by molar-refractivity contribution is -0.173. The quantitative estimate of drug-likeness (QED) is 0.703. The Balaban J connectivity index is 2.01. The Morgan fingerprint density at radius 3 is 2.21 bits per heavy atom. The van der Waals surface area contributed by atoms with E-state index in [0.29, 0.717) is 24.2 Å². The number of ether oxygens (including phenoxy) is 1. The predicted octanol–water partition coefficient (Wildman–Crippen LogP) is 3.45. The van der Waals surface area contributed by atoms with E-state index in [1.54, 1.807) is 30.4 Å². The van der Waals surface area contributed by atoms with E-state index in [0.717, 1.165) is 5.56 Å². The van der Waals surface area contributed by atoms with Crippen molar-refractivity contribution in [2.75, 3.05) is 13.7 Å². The van der Waals surface area contributed by atoms with Gasteiger partial charge in [0.25, 0.3) is 0 Å². The molecule has 0 aromatic heterocycles. The number of amides is 1. The lowest BCUT2D eigenvalue weighted by Crippen LogP contribution is -2.37. The van der Waals surface area contributed by atoms with Gasteiger partial charge in [-0.1, -0.05) is 12.1 Å². The lowest BCUT2D eigenvalue weighted by Gasteiger charge is -2.10. The highest BCUT2D eigenvalue weighted by atomic mass is 32.2. The standard InChI is InChI=1S/C19H20F3NO4S/c1-13-12-16(9-10-17(13)27-2)28(25,26)15-7-5-14(6-8-15)4-3-11-23-18(24)19(20,21)22/h5-10,12H,3-4,11H2,1-2H3,(H,23,24). The molecular formula is C19H20F3NO4S. The first-order valence-corrected chi connectivity index (χ1v) is 9.87. The number of aryl methyl sites for hydroxylation is 2. The average molecular weight is 415 g/mol. The molecule has 0 heterocycles. The van der Waals surface area contributed by atoms with E-state index in [1.807, 2.05) is 0 Å². The first kappa shape index (κ1) is 21.7. The fourth-order valence-corrected chi connectivity index (χ4v) is 3.93. The molecule has 0 atom stereocenters. The molecule has 0 saturated carbocycles. The predicted molar refractivity (Wildman–Crippen MR) is 97.0 cm³/mol. The second kappa shape index (κ2) is 8.64. The van der Waals surface area contributed by atoms with Gasteiger partial charge in [0.05, 0.1) is 16.9 Å². The van der Waals surface area contributed by atoms with Crippen molar-refractivity contribution in [3.8, 4) is 5.75 Å². The van der Waals surface area contributed by atoms with Crippen LogP contribution in [0.25, 0.3) is 0 Å². The third kappa shape index (κ3) is 5.25. The van der Waals surface area contributed by atoms with E-state index in [1.165, 1.54) is 31.4 Å². The highest BCUT2D eigenvalue weighted by molar-refractivity contribution is 7.91. The van der Waals surface area contributed by atoms with Crippen LogP contribution in [0.15, 0.2) is 52.3 Å². The highest BCUT2D eigenvalue weighted by Gasteiger charge is 2.38. The summed E-state index contributed by atoms with van der Waals surface area (Å²) in [6.45, 7) is 1.63. The Labute approximate surface area is 161 Å². The van der Waals surface area contributed by atoms with Crippen LogP contribution in [0.5, 0.6) is 5.75 Å². The number of methoxy groups -OCH3 is 1. The minimum Gasteiger partial charge on any atom is -0.496 e. The molecule has 1 N–H and O–H groups in total. The molecule has 0 aliphatic heterocycles. The van der Waals surface area contributed by atoms with E-state index in [9.17, 15) is 26.4 Å². The fraction of sp³-hybridized carbons (Fsp3) is 0.316. The molecule has 2 aromatic rings. The van der Waals surface area contributed by atoms with Crippen LogP contribution in [0.4, 0.5) is 13.2 Å². The van der Waals surface area contributed by atoms with Crippen molar-refractivity contribution in [2.24, 2.45) is 0 Å². The van der Waals surface area contributed by atoms with E-state index >= 15 is 0 Å². The van der Waals surface area contributed by atoms with Gasteiger partial charge in [-0.15, -0.1) is 0 Å². The van der Waals surface area contributed by atoms with Crippen molar-refractivity contribution in [2.45, 2.75) is 35.7 Å². The topological polar surface area (TPSA) is 72.5 Å². The maximum absolute atomic E-state index is 12.7. The van der Waals surface area contributed by atoms with Gasteiger partial charge in [0.1, 0.15) is 5.75 Å². The molecule has 0 aliphatic rings. The Bertz CT molecular complexity index is 939. The number of carbonyl (C=O) groups is 1. The Morgan fingerprint density at radius 1 is 1.07 bits per heavy atom. The number of hydrogen-bond donors (Lipinski definition) is 1. The molecule has 0 fully saturated rings. The summed E-state index contributed by atoms with van der Waals surface area (Å²) in [6.07, 6.45) is -4.19. The van der Waals surface area contributed by atoms with Gasteiger partial charge in [0.15, 0.2) is 0 Å². The zero-order valence-corrected chi connectivity index (χ0v) is 16.2. The summed E-state index contributed by atoms with van der Waals surface area (Å²) >= 11 is 0. The van der Waals surface area contributed by atoms with Gasteiger partial charge >= 0.3 is 12.1 Å². The smallest absolute Gasteiger partial charge is 0.471 e. The zero-order valence-electron chi connectivity index (χ0n) is 15.3. The largest absolute Gasteiger partial charge is 0.496 e. The van der Waals surface area contributed by atoms with Gasteiger partial charge in [-0.05, 0) is 61.2 Å². The zero-order chi connectivity index (χ0) is 20.9. The third-order valence-corrected chi connectivity index (χ3v) is 5.86. The number of nitrogens with one attached hydrogen (secondary N) is 1. The van der Waals surface area contributed by atoms with Crippen LogP contribution in [0.3, 0.4) is 0 Å². The first-order chi connectivity index (χ1) is 13.1. The molecule has 0 bridgehead atoms. The molecule has 0 radical (unpaired) electrons. The van der Waals surface area contributed by atoms with Crippen LogP contribution >= 0.6 is 0 Å². The van der Waals surface area contributed by atoms with Gasteiger partial charge < -0.3 is 10.1 Å². The Hall–Kier alpha value is -2.55. The minimum atomic E-state index is -4.89. The third-order valence-electron chi connectivity index (χ3n) is 4.10. The van der Waals surface area contributed by atoms with Crippen LogP contribution in [0.2, 0.25) is 0 Å². The van der Waals surface area contributed by atoms with E-state index in [2.05, 4.69) is 0 Å². The van der Waals surface area contributed by atoms with Crippen LogP contribution < -0.4 is 10.1 Å². The molecule has 28 heavy (non-hydrogen) atoms. The van der Waals surface area contributed by atoms with Crippen LogP contribution in [0, 0.1) is 6.92 Å². The maximum atomic E-state index is 12.7. The number of hydrogen-bond acceptors (Lipinski definition) is 4. The number of benzene rings is 2. The lowest BCUT2D eigenvalue weighted by atomic mass is 10.1. The molecule has 5 nitrogen and oxygen atoms in total. The molecule has 2 aromatic carbocycles. The number of rotatable bonds is 7. The maximum Gasteiger partial charge on any atom is 0.471 e. The second-order valence-electron chi connectivity index (χ2n) is 6.14. The summed E-state index contributed by atoms with van der Waals surface area (Å²) in [5, 5.41) is 1.79. The van der Waals surface area contributed by atoms with Crippen molar-refractivity contribution < 1.29 is 31.1 Å². The van der Waals surface area contributed by atoms with E-state index in [-0.39, 0.29) is 16.3 Å². The first-order valence-electron chi connectivity index (χ1n) is 8.39. The van der Waals surface area contributed by atoms with Gasteiger partial charge in [-0.2, -0.15) is 13.2 Å². The highest BCUT2D eigenvalue weighted by Crippen LogP contribution is 2.26. The average Bonchev–Trinajstić information content (AvgIpc) is 2.64.